The van der Waals surface area contributed by atoms with Crippen LogP contribution in [0.5, 0.6) is 0 Å². The summed E-state index contributed by atoms with van der Waals surface area (Å²) in [5.74, 6) is -0.285. The largest absolute Gasteiger partial charge is 0.332 e. The SMILES string of the molecule is CCn1cc(-c2cccc(C(=O)N3CCc4ccc(F)cc4[C@H]3C)c2)cn1. The molecule has 0 spiro atoms. The fraction of sp³-hybridized carbons (Fsp3) is 0.273. The summed E-state index contributed by atoms with van der Waals surface area (Å²) in [4.78, 5) is 15.0. The number of halogens is 1. The molecule has 138 valence electrons. The van der Waals surface area contributed by atoms with Crippen LogP contribution < -0.4 is 0 Å². The van der Waals surface area contributed by atoms with Gasteiger partial charge in [0.05, 0.1) is 12.2 Å². The molecule has 1 amide bonds. The van der Waals surface area contributed by atoms with Crippen molar-refractivity contribution in [2.75, 3.05) is 6.54 Å². The Kier molecular flexibility index (Phi) is 4.52. The second kappa shape index (κ2) is 6.99. The van der Waals surface area contributed by atoms with Gasteiger partial charge in [-0.2, -0.15) is 5.10 Å². The molecule has 2 heterocycles. The molecule has 0 unspecified atom stereocenters. The first-order chi connectivity index (χ1) is 13.1. The molecule has 0 saturated carbocycles. The normalized spacial score (nSPS) is 16.3. The molecule has 27 heavy (non-hydrogen) atoms. The van der Waals surface area contributed by atoms with Crippen LogP contribution in [0.15, 0.2) is 54.9 Å². The first-order valence-corrected chi connectivity index (χ1v) is 9.29. The molecule has 1 atom stereocenters. The summed E-state index contributed by atoms with van der Waals surface area (Å²) >= 11 is 0. The van der Waals surface area contributed by atoms with Crippen molar-refractivity contribution in [3.8, 4) is 11.1 Å². The van der Waals surface area contributed by atoms with E-state index in [2.05, 4.69) is 5.10 Å². The number of hydrogen-bond donors (Lipinski definition) is 0. The van der Waals surface area contributed by atoms with E-state index in [1.165, 1.54) is 6.07 Å². The Labute approximate surface area is 158 Å². The van der Waals surface area contributed by atoms with Crippen LogP contribution in [0.3, 0.4) is 0 Å². The van der Waals surface area contributed by atoms with Gasteiger partial charge in [-0.3, -0.25) is 9.48 Å². The van der Waals surface area contributed by atoms with Gasteiger partial charge in [-0.05, 0) is 61.2 Å². The third kappa shape index (κ3) is 3.25. The van der Waals surface area contributed by atoms with Gasteiger partial charge in [-0.1, -0.05) is 18.2 Å². The highest BCUT2D eigenvalue weighted by Crippen LogP contribution is 2.31. The zero-order chi connectivity index (χ0) is 19.0. The third-order valence-electron chi connectivity index (χ3n) is 5.31. The van der Waals surface area contributed by atoms with E-state index >= 15 is 0 Å². The number of aromatic nitrogens is 2. The van der Waals surface area contributed by atoms with Gasteiger partial charge in [0.1, 0.15) is 5.82 Å². The second-order valence-corrected chi connectivity index (χ2v) is 6.93. The van der Waals surface area contributed by atoms with Crippen molar-refractivity contribution in [2.24, 2.45) is 0 Å². The Bertz CT molecular complexity index is 995. The lowest BCUT2D eigenvalue weighted by Crippen LogP contribution is -2.38. The molecule has 4 nitrogen and oxygen atoms in total. The van der Waals surface area contributed by atoms with Crippen molar-refractivity contribution in [2.45, 2.75) is 32.9 Å². The van der Waals surface area contributed by atoms with Crippen molar-refractivity contribution in [3.05, 3.63) is 77.4 Å². The number of amides is 1. The lowest BCUT2D eigenvalue weighted by atomic mass is 9.92. The number of hydrogen-bond acceptors (Lipinski definition) is 2. The monoisotopic (exact) mass is 363 g/mol. The summed E-state index contributed by atoms with van der Waals surface area (Å²) < 4.78 is 15.5. The van der Waals surface area contributed by atoms with Gasteiger partial charge in [0.15, 0.2) is 0 Å². The van der Waals surface area contributed by atoms with Crippen molar-refractivity contribution in [3.63, 3.8) is 0 Å². The van der Waals surface area contributed by atoms with E-state index in [1.807, 2.05) is 66.2 Å². The Morgan fingerprint density at radius 3 is 2.85 bits per heavy atom. The Morgan fingerprint density at radius 2 is 2.07 bits per heavy atom. The molecule has 0 saturated heterocycles. The summed E-state index contributed by atoms with van der Waals surface area (Å²) in [5, 5.41) is 4.31. The summed E-state index contributed by atoms with van der Waals surface area (Å²) in [7, 11) is 0. The van der Waals surface area contributed by atoms with E-state index in [0.29, 0.717) is 12.1 Å². The molecule has 1 aliphatic rings. The maximum Gasteiger partial charge on any atom is 0.254 e. The van der Waals surface area contributed by atoms with E-state index in [-0.39, 0.29) is 17.8 Å². The second-order valence-electron chi connectivity index (χ2n) is 6.93. The molecule has 1 aliphatic heterocycles. The molecular weight excluding hydrogens is 341 g/mol. The zero-order valence-electron chi connectivity index (χ0n) is 15.5. The van der Waals surface area contributed by atoms with E-state index in [4.69, 9.17) is 0 Å². The van der Waals surface area contributed by atoms with Crippen molar-refractivity contribution < 1.29 is 9.18 Å². The van der Waals surface area contributed by atoms with Crippen LogP contribution in [-0.2, 0) is 13.0 Å². The van der Waals surface area contributed by atoms with Crippen LogP contribution in [0, 0.1) is 5.82 Å². The minimum absolute atomic E-state index is 0.0258. The molecule has 5 heteroatoms. The summed E-state index contributed by atoms with van der Waals surface area (Å²) in [6.07, 6.45) is 4.54. The van der Waals surface area contributed by atoms with E-state index in [9.17, 15) is 9.18 Å². The number of carbonyl (C=O) groups is 1. The number of benzene rings is 2. The summed E-state index contributed by atoms with van der Waals surface area (Å²) in [6, 6.07) is 12.3. The molecule has 0 fully saturated rings. The minimum atomic E-state index is -0.259. The lowest BCUT2D eigenvalue weighted by molar-refractivity contribution is 0.0677. The quantitative estimate of drug-likeness (QED) is 0.689. The number of rotatable bonds is 3. The Balaban J connectivity index is 1.62. The van der Waals surface area contributed by atoms with E-state index < -0.39 is 0 Å². The number of carbonyl (C=O) groups excluding carboxylic acids is 1. The predicted octanol–water partition coefficient (Wildman–Crippen LogP) is 4.47. The molecular formula is C22H22FN3O. The minimum Gasteiger partial charge on any atom is -0.332 e. The fourth-order valence-corrected chi connectivity index (χ4v) is 3.75. The maximum atomic E-state index is 13.7. The van der Waals surface area contributed by atoms with Crippen molar-refractivity contribution in [1.29, 1.82) is 0 Å². The van der Waals surface area contributed by atoms with Gasteiger partial charge < -0.3 is 4.90 Å². The van der Waals surface area contributed by atoms with Crippen LogP contribution in [0.4, 0.5) is 4.39 Å². The predicted molar refractivity (Wildman–Crippen MR) is 103 cm³/mol. The lowest BCUT2D eigenvalue weighted by Gasteiger charge is -2.35. The Hall–Kier alpha value is -2.95. The van der Waals surface area contributed by atoms with Gasteiger partial charge in [0.2, 0.25) is 0 Å². The van der Waals surface area contributed by atoms with Gasteiger partial charge >= 0.3 is 0 Å². The highest BCUT2D eigenvalue weighted by molar-refractivity contribution is 5.96. The highest BCUT2D eigenvalue weighted by atomic mass is 19.1. The van der Waals surface area contributed by atoms with E-state index in [1.54, 1.807) is 6.07 Å². The molecule has 0 bridgehead atoms. The van der Waals surface area contributed by atoms with Gasteiger partial charge in [0.25, 0.3) is 5.91 Å². The van der Waals surface area contributed by atoms with Crippen LogP contribution in [0.1, 0.15) is 41.4 Å². The van der Waals surface area contributed by atoms with Crippen LogP contribution in [-0.4, -0.2) is 27.1 Å². The molecule has 1 aromatic heterocycles. The highest BCUT2D eigenvalue weighted by Gasteiger charge is 2.28. The topological polar surface area (TPSA) is 38.1 Å². The Morgan fingerprint density at radius 1 is 1.22 bits per heavy atom. The molecule has 0 N–H and O–H groups in total. The third-order valence-corrected chi connectivity index (χ3v) is 5.31. The van der Waals surface area contributed by atoms with Crippen molar-refractivity contribution in [1.82, 2.24) is 14.7 Å². The van der Waals surface area contributed by atoms with E-state index in [0.717, 1.165) is 35.2 Å². The molecule has 0 aliphatic carbocycles. The molecule has 4 rings (SSSR count). The first kappa shape index (κ1) is 17.5. The summed E-state index contributed by atoms with van der Waals surface area (Å²) in [6.45, 7) is 5.44. The average Bonchev–Trinajstić information content (AvgIpc) is 3.18. The molecule has 2 aromatic carbocycles. The van der Waals surface area contributed by atoms with Crippen molar-refractivity contribution >= 4 is 5.91 Å². The van der Waals surface area contributed by atoms with Gasteiger partial charge in [0, 0.05) is 30.4 Å². The maximum absolute atomic E-state index is 13.7. The molecule has 0 radical (unpaired) electrons. The number of fused-ring (bicyclic) bond motifs is 1. The van der Waals surface area contributed by atoms with Crippen LogP contribution in [0.2, 0.25) is 0 Å². The zero-order valence-corrected chi connectivity index (χ0v) is 15.5. The summed E-state index contributed by atoms with van der Waals surface area (Å²) in [5.41, 5.74) is 4.62. The number of nitrogens with zero attached hydrogens (tertiary/aromatic N) is 3. The number of aryl methyl sites for hydroxylation is 1. The average molecular weight is 363 g/mol. The smallest absolute Gasteiger partial charge is 0.254 e. The van der Waals surface area contributed by atoms with Crippen LogP contribution in [0.25, 0.3) is 11.1 Å². The van der Waals surface area contributed by atoms with Gasteiger partial charge in [-0.15, -0.1) is 0 Å². The molecule has 3 aromatic rings. The fourth-order valence-electron chi connectivity index (χ4n) is 3.75. The van der Waals surface area contributed by atoms with Crippen LogP contribution >= 0.6 is 0 Å². The van der Waals surface area contributed by atoms with Gasteiger partial charge in [-0.25, -0.2) is 4.39 Å². The standard InChI is InChI=1S/C22H22FN3O/c1-3-25-14-19(13-24-25)17-5-4-6-18(11-17)22(27)26-10-9-16-7-8-20(23)12-21(16)15(26)2/h4-8,11-15H,3,9-10H2,1-2H3/t15-/m1/s1. The first-order valence-electron chi connectivity index (χ1n) is 9.29.